The van der Waals surface area contributed by atoms with Crippen molar-refractivity contribution in [3.05, 3.63) is 117 Å². The van der Waals surface area contributed by atoms with Crippen LogP contribution < -0.4 is 11.3 Å². The van der Waals surface area contributed by atoms with E-state index in [0.717, 1.165) is 23.3 Å². The number of aromatic nitrogens is 4. The fraction of sp³-hybridized carbons (Fsp3) is 0.212. The highest BCUT2D eigenvalue weighted by Gasteiger charge is 2.26. The van der Waals surface area contributed by atoms with E-state index in [-0.39, 0.29) is 33.6 Å². The average Bonchev–Trinajstić information content (AvgIpc) is 3.48. The van der Waals surface area contributed by atoms with Crippen LogP contribution in [-0.4, -0.2) is 30.3 Å². The van der Waals surface area contributed by atoms with Gasteiger partial charge >= 0.3 is 0 Å². The monoisotopic (exact) mass is 583 g/mol. The number of benzene rings is 3. The molecule has 0 saturated carbocycles. The van der Waals surface area contributed by atoms with Crippen molar-refractivity contribution in [2.24, 2.45) is 5.73 Å². The zero-order valence-electron chi connectivity index (χ0n) is 24.1. The number of para-hydroxylation sites is 1. The van der Waals surface area contributed by atoms with Crippen LogP contribution >= 0.6 is 0 Å². The first-order chi connectivity index (χ1) is 20.7. The van der Waals surface area contributed by atoms with E-state index in [9.17, 15) is 19.1 Å². The minimum Gasteiger partial charge on any atom is -0.494 e. The molecule has 3 aromatic carbocycles. The van der Waals surface area contributed by atoms with Crippen LogP contribution in [0, 0.1) is 11.6 Å². The van der Waals surface area contributed by atoms with E-state index in [4.69, 9.17) is 5.73 Å². The second-order valence-corrected chi connectivity index (χ2v) is 10.1. The Morgan fingerprint density at radius 2 is 1.63 bits per heavy atom. The average molecular weight is 584 g/mol. The third kappa shape index (κ3) is 5.43. The molecule has 220 valence electrons. The second-order valence-electron chi connectivity index (χ2n) is 10.1. The van der Waals surface area contributed by atoms with Crippen molar-refractivity contribution in [2.45, 2.75) is 46.6 Å². The van der Waals surface area contributed by atoms with E-state index in [0.29, 0.717) is 30.8 Å². The van der Waals surface area contributed by atoms with Gasteiger partial charge in [-0.15, -0.1) is 0 Å². The summed E-state index contributed by atoms with van der Waals surface area (Å²) in [5, 5.41) is 16.4. The molecule has 3 N–H and O–H groups in total. The lowest BCUT2D eigenvalue weighted by molar-refractivity contribution is 0.1000. The highest BCUT2D eigenvalue weighted by molar-refractivity contribution is 6.01. The largest absolute Gasteiger partial charge is 0.494 e. The van der Waals surface area contributed by atoms with Gasteiger partial charge in [0, 0.05) is 30.3 Å². The number of primary amides is 1. The SMILES string of the molecule is CCc1cccc(CC)c1-n1c(-c2ccn(CC)n2)nc(=O)c(Cc2cc(F)cc(-c3ccccc3F)c2C(N)=O)c1O. The Bertz CT molecular complexity index is 1890. The summed E-state index contributed by atoms with van der Waals surface area (Å²) in [6.45, 7) is 6.46. The first-order valence-electron chi connectivity index (χ1n) is 14.0. The molecule has 10 heteroatoms. The third-order valence-corrected chi connectivity index (χ3v) is 7.50. The number of nitrogens with two attached hydrogens (primary N) is 1. The number of halogens is 2. The van der Waals surface area contributed by atoms with Crippen molar-refractivity contribution in [3.63, 3.8) is 0 Å². The molecule has 0 fully saturated rings. The number of amides is 1. The summed E-state index contributed by atoms with van der Waals surface area (Å²) < 4.78 is 33.0. The van der Waals surface area contributed by atoms with Crippen molar-refractivity contribution < 1.29 is 18.7 Å². The molecule has 0 radical (unpaired) electrons. The van der Waals surface area contributed by atoms with Gasteiger partial charge in [0.25, 0.3) is 5.56 Å². The third-order valence-electron chi connectivity index (χ3n) is 7.50. The van der Waals surface area contributed by atoms with Gasteiger partial charge in [0.2, 0.25) is 11.8 Å². The van der Waals surface area contributed by atoms with Gasteiger partial charge in [0.1, 0.15) is 17.3 Å². The first kappa shape index (κ1) is 29.4. The van der Waals surface area contributed by atoms with Crippen LogP contribution in [0.3, 0.4) is 0 Å². The van der Waals surface area contributed by atoms with Crippen molar-refractivity contribution in [1.29, 1.82) is 0 Å². The Hall–Kier alpha value is -5.12. The Morgan fingerprint density at radius 3 is 2.23 bits per heavy atom. The Morgan fingerprint density at radius 1 is 0.930 bits per heavy atom. The van der Waals surface area contributed by atoms with Gasteiger partial charge in [-0.1, -0.05) is 50.2 Å². The lowest BCUT2D eigenvalue weighted by atomic mass is 9.91. The number of rotatable bonds is 9. The lowest BCUT2D eigenvalue weighted by Crippen LogP contribution is -2.23. The summed E-state index contributed by atoms with van der Waals surface area (Å²) in [4.78, 5) is 30.7. The van der Waals surface area contributed by atoms with Crippen molar-refractivity contribution in [3.8, 4) is 34.2 Å². The van der Waals surface area contributed by atoms with Crippen LogP contribution in [0.1, 0.15) is 53.4 Å². The zero-order chi connectivity index (χ0) is 30.8. The van der Waals surface area contributed by atoms with Crippen molar-refractivity contribution in [2.75, 3.05) is 0 Å². The zero-order valence-corrected chi connectivity index (χ0v) is 24.1. The van der Waals surface area contributed by atoms with Gasteiger partial charge in [0.15, 0.2) is 5.82 Å². The van der Waals surface area contributed by atoms with Gasteiger partial charge < -0.3 is 10.8 Å². The minimum absolute atomic E-state index is 0.00834. The molecule has 0 bridgehead atoms. The Balaban J connectivity index is 1.80. The van der Waals surface area contributed by atoms with E-state index < -0.39 is 35.4 Å². The molecule has 1 amide bonds. The van der Waals surface area contributed by atoms with Crippen molar-refractivity contribution in [1.82, 2.24) is 19.3 Å². The molecule has 0 aliphatic carbocycles. The fourth-order valence-electron chi connectivity index (χ4n) is 5.42. The second kappa shape index (κ2) is 12.0. The van der Waals surface area contributed by atoms with Crippen molar-refractivity contribution >= 4 is 5.91 Å². The van der Waals surface area contributed by atoms with E-state index in [1.807, 2.05) is 39.0 Å². The summed E-state index contributed by atoms with van der Waals surface area (Å²) in [5.74, 6) is -2.67. The highest BCUT2D eigenvalue weighted by atomic mass is 19.1. The number of nitrogens with zero attached hydrogens (tertiary/aromatic N) is 4. The predicted molar refractivity (Wildman–Crippen MR) is 160 cm³/mol. The molecule has 5 rings (SSSR count). The quantitative estimate of drug-likeness (QED) is 0.235. The molecule has 0 atom stereocenters. The van der Waals surface area contributed by atoms with Crippen LogP contribution in [0.25, 0.3) is 28.3 Å². The number of hydrogen-bond acceptors (Lipinski definition) is 5. The molecule has 0 spiro atoms. The standard InChI is InChI=1S/C33H31F2N5O3/c1-4-19-10-9-11-20(5-2)29(19)40-31(27-14-15-39(6-3)38-27)37-32(42)25(33(40)43)17-21-16-22(34)18-24(28(21)30(36)41)23-12-7-8-13-26(23)35/h7-16,18,43H,4-6,17H2,1-3H3,(H2,36,41). The lowest BCUT2D eigenvalue weighted by Gasteiger charge is -2.22. The number of aromatic hydroxyl groups is 1. The molecule has 0 saturated heterocycles. The number of carbonyl (C=O) groups is 1. The Labute approximate surface area is 247 Å². The number of aryl methyl sites for hydroxylation is 3. The number of carbonyl (C=O) groups excluding carboxylic acids is 1. The molecule has 0 aliphatic heterocycles. The predicted octanol–water partition coefficient (Wildman–Crippen LogP) is 5.58. The van der Waals surface area contributed by atoms with Crippen LogP contribution in [-0.2, 0) is 25.8 Å². The highest BCUT2D eigenvalue weighted by Crippen LogP contribution is 2.35. The molecule has 5 aromatic rings. The van der Waals surface area contributed by atoms with Gasteiger partial charge in [-0.05, 0) is 60.7 Å². The number of hydrogen-bond donors (Lipinski definition) is 2. The summed E-state index contributed by atoms with van der Waals surface area (Å²) >= 11 is 0. The van der Waals surface area contributed by atoms with E-state index >= 15 is 4.39 Å². The smallest absolute Gasteiger partial charge is 0.280 e. The summed E-state index contributed by atoms with van der Waals surface area (Å²) in [5.41, 5.74) is 7.36. The van der Waals surface area contributed by atoms with Gasteiger partial charge in [-0.2, -0.15) is 10.1 Å². The van der Waals surface area contributed by atoms with Crippen LogP contribution in [0.5, 0.6) is 5.88 Å². The summed E-state index contributed by atoms with van der Waals surface area (Å²) in [6.07, 6.45) is 2.59. The summed E-state index contributed by atoms with van der Waals surface area (Å²) in [6, 6.07) is 15.2. The van der Waals surface area contributed by atoms with Crippen LogP contribution in [0.15, 0.2) is 71.7 Å². The van der Waals surface area contributed by atoms with Gasteiger partial charge in [0.05, 0.1) is 16.8 Å². The molecular formula is C33H31F2N5O3. The van der Waals surface area contributed by atoms with Crippen LogP contribution in [0.4, 0.5) is 8.78 Å². The maximum absolute atomic E-state index is 15.0. The van der Waals surface area contributed by atoms with Crippen LogP contribution in [0.2, 0.25) is 0 Å². The fourth-order valence-corrected chi connectivity index (χ4v) is 5.42. The molecule has 0 unspecified atom stereocenters. The maximum atomic E-state index is 15.0. The van der Waals surface area contributed by atoms with E-state index in [1.165, 1.54) is 22.8 Å². The maximum Gasteiger partial charge on any atom is 0.280 e. The first-order valence-corrected chi connectivity index (χ1v) is 14.0. The molecule has 2 aromatic heterocycles. The summed E-state index contributed by atoms with van der Waals surface area (Å²) in [7, 11) is 0. The normalized spacial score (nSPS) is 11.2. The molecular weight excluding hydrogens is 552 g/mol. The molecule has 0 aliphatic rings. The van der Waals surface area contributed by atoms with Gasteiger partial charge in [-0.25, -0.2) is 8.78 Å². The molecule has 2 heterocycles. The molecule has 43 heavy (non-hydrogen) atoms. The van der Waals surface area contributed by atoms with E-state index in [1.54, 1.807) is 23.0 Å². The topological polar surface area (TPSA) is 116 Å². The van der Waals surface area contributed by atoms with Gasteiger partial charge in [-0.3, -0.25) is 18.8 Å². The van der Waals surface area contributed by atoms with E-state index in [2.05, 4.69) is 10.1 Å². The Kier molecular flexibility index (Phi) is 8.20. The minimum atomic E-state index is -0.938. The molecule has 8 nitrogen and oxygen atoms in total.